The normalized spacial score (nSPS) is 13.8. The molecule has 0 spiro atoms. The van der Waals surface area contributed by atoms with E-state index in [1.54, 1.807) is 0 Å². The molecule has 0 aromatic rings. The minimum Gasteiger partial charge on any atom is -0.318 e. The van der Waals surface area contributed by atoms with Gasteiger partial charge in [0.2, 0.25) is 0 Å². The Bertz CT molecular complexity index is 137. The second-order valence-corrected chi connectivity index (χ2v) is 4.61. The first-order valence-corrected chi connectivity index (χ1v) is 5.73. The molecule has 4 nitrogen and oxygen atoms in total. The number of hydrogen-bond donors (Lipinski definition) is 2. The zero-order valence-corrected chi connectivity index (χ0v) is 11.0. The van der Waals surface area contributed by atoms with E-state index in [4.69, 9.17) is 0 Å². The van der Waals surface area contributed by atoms with Gasteiger partial charge in [0.25, 0.3) is 0 Å². The van der Waals surface area contributed by atoms with E-state index in [0.29, 0.717) is 6.04 Å². The largest absolute Gasteiger partial charge is 0.318 e. The molecule has 1 atom stereocenters. The van der Waals surface area contributed by atoms with Gasteiger partial charge in [-0.25, -0.2) is 0 Å². The molecule has 0 heterocycles. The van der Waals surface area contributed by atoms with Gasteiger partial charge in [0.15, 0.2) is 0 Å². The molecule has 0 rings (SSSR count). The minimum atomic E-state index is 0.593. The molecule has 15 heavy (non-hydrogen) atoms. The van der Waals surface area contributed by atoms with Gasteiger partial charge in [-0.15, -0.1) is 0 Å². The molecule has 0 aliphatic carbocycles. The quantitative estimate of drug-likeness (QED) is 0.517. The van der Waals surface area contributed by atoms with Gasteiger partial charge in [0.1, 0.15) is 0 Å². The molecule has 0 fully saturated rings. The maximum Gasteiger partial charge on any atom is 0.0207 e. The molecule has 0 aliphatic rings. The van der Waals surface area contributed by atoms with Crippen molar-refractivity contribution in [2.45, 2.75) is 12.5 Å². The third-order valence-electron chi connectivity index (χ3n) is 2.32. The molecule has 0 aliphatic heterocycles. The van der Waals surface area contributed by atoms with E-state index < -0.39 is 0 Å². The lowest BCUT2D eigenvalue weighted by molar-refractivity contribution is 0.296. The monoisotopic (exact) mass is 216 g/mol. The van der Waals surface area contributed by atoms with E-state index in [9.17, 15) is 0 Å². The second kappa shape index (κ2) is 9.09. The summed E-state index contributed by atoms with van der Waals surface area (Å²) in [7, 11) is 10.5. The smallest absolute Gasteiger partial charge is 0.0207 e. The third-order valence-corrected chi connectivity index (χ3v) is 2.32. The van der Waals surface area contributed by atoms with Crippen LogP contribution in [-0.4, -0.2) is 77.3 Å². The van der Waals surface area contributed by atoms with Crippen LogP contribution in [0.3, 0.4) is 0 Å². The average Bonchev–Trinajstić information content (AvgIpc) is 2.13. The third kappa shape index (κ3) is 10.1. The highest BCUT2D eigenvalue weighted by Crippen LogP contribution is 1.95. The Morgan fingerprint density at radius 2 is 1.67 bits per heavy atom. The van der Waals surface area contributed by atoms with Crippen molar-refractivity contribution < 1.29 is 0 Å². The van der Waals surface area contributed by atoms with Gasteiger partial charge in [0.05, 0.1) is 0 Å². The van der Waals surface area contributed by atoms with E-state index in [1.165, 1.54) is 6.42 Å². The van der Waals surface area contributed by atoms with Crippen LogP contribution in [-0.2, 0) is 0 Å². The lowest BCUT2D eigenvalue weighted by atomic mass is 10.2. The van der Waals surface area contributed by atoms with E-state index in [1.807, 2.05) is 7.05 Å². The van der Waals surface area contributed by atoms with Gasteiger partial charge < -0.3 is 20.4 Å². The Kier molecular flexibility index (Phi) is 9.00. The zero-order chi connectivity index (χ0) is 11.7. The predicted molar refractivity (Wildman–Crippen MR) is 67.4 cm³/mol. The second-order valence-electron chi connectivity index (χ2n) is 4.61. The van der Waals surface area contributed by atoms with Gasteiger partial charge >= 0.3 is 0 Å². The zero-order valence-electron chi connectivity index (χ0n) is 11.0. The molecule has 0 bridgehead atoms. The summed E-state index contributed by atoms with van der Waals surface area (Å²) in [4.78, 5) is 4.48. The van der Waals surface area contributed by atoms with Crippen molar-refractivity contribution in [1.29, 1.82) is 0 Å². The van der Waals surface area contributed by atoms with Gasteiger partial charge in [-0.05, 0) is 48.2 Å². The van der Waals surface area contributed by atoms with Crippen LogP contribution in [0.2, 0.25) is 0 Å². The van der Waals surface area contributed by atoms with Crippen molar-refractivity contribution in [3.63, 3.8) is 0 Å². The van der Waals surface area contributed by atoms with Crippen LogP contribution in [0.4, 0.5) is 0 Å². The van der Waals surface area contributed by atoms with E-state index in [0.717, 1.165) is 26.2 Å². The molecule has 92 valence electrons. The van der Waals surface area contributed by atoms with Crippen LogP contribution in [0.15, 0.2) is 0 Å². The molecular formula is C11H28N4. The lowest BCUT2D eigenvalue weighted by Gasteiger charge is -2.23. The molecule has 0 amide bonds. The summed E-state index contributed by atoms with van der Waals surface area (Å²) >= 11 is 0. The molecule has 0 saturated carbocycles. The van der Waals surface area contributed by atoms with Crippen LogP contribution >= 0.6 is 0 Å². The molecule has 0 saturated heterocycles. The van der Waals surface area contributed by atoms with Crippen LogP contribution in [0.1, 0.15) is 6.42 Å². The summed E-state index contributed by atoms with van der Waals surface area (Å²) in [6, 6.07) is 0.593. The highest BCUT2D eigenvalue weighted by atomic mass is 15.1. The Hall–Kier alpha value is -0.160. The first-order chi connectivity index (χ1) is 7.06. The van der Waals surface area contributed by atoms with Gasteiger partial charge in [-0.2, -0.15) is 0 Å². The summed E-state index contributed by atoms with van der Waals surface area (Å²) in [6.07, 6.45) is 1.20. The number of rotatable bonds is 9. The first-order valence-electron chi connectivity index (χ1n) is 5.73. The Morgan fingerprint density at radius 3 is 2.13 bits per heavy atom. The fourth-order valence-electron chi connectivity index (χ4n) is 1.51. The summed E-state index contributed by atoms with van der Waals surface area (Å²) in [5, 5.41) is 6.73. The molecule has 0 radical (unpaired) electrons. The maximum absolute atomic E-state index is 3.58. The molecule has 2 N–H and O–H groups in total. The summed E-state index contributed by atoms with van der Waals surface area (Å²) in [6.45, 7) is 4.33. The first kappa shape index (κ1) is 14.8. The highest BCUT2D eigenvalue weighted by Gasteiger charge is 2.08. The molecular weight excluding hydrogens is 188 g/mol. The SMILES string of the molecule is CNCCNC(CCN(C)C)CN(C)C. The van der Waals surface area contributed by atoms with Gasteiger partial charge in [-0.1, -0.05) is 0 Å². The van der Waals surface area contributed by atoms with Crippen LogP contribution in [0.5, 0.6) is 0 Å². The van der Waals surface area contributed by atoms with Crippen molar-refractivity contribution in [2.24, 2.45) is 0 Å². The Balaban J connectivity index is 3.73. The Labute approximate surface area is 95.0 Å². The summed E-state index contributed by atoms with van der Waals surface area (Å²) in [5.41, 5.74) is 0. The highest BCUT2D eigenvalue weighted by molar-refractivity contribution is 4.71. The van der Waals surface area contributed by atoms with Gasteiger partial charge in [-0.3, -0.25) is 0 Å². The summed E-state index contributed by atoms with van der Waals surface area (Å²) in [5.74, 6) is 0. The van der Waals surface area contributed by atoms with Crippen molar-refractivity contribution in [2.75, 3.05) is 61.4 Å². The van der Waals surface area contributed by atoms with Gasteiger partial charge in [0, 0.05) is 25.7 Å². The standard InChI is InChI=1S/C11H28N4/c1-12-7-8-13-11(10-15(4)5)6-9-14(2)3/h11-13H,6-10H2,1-5H3. The Morgan fingerprint density at radius 1 is 1.00 bits per heavy atom. The number of nitrogens with zero attached hydrogens (tertiary/aromatic N) is 2. The maximum atomic E-state index is 3.58. The minimum absolute atomic E-state index is 0.593. The summed E-state index contributed by atoms with van der Waals surface area (Å²) < 4.78 is 0. The lowest BCUT2D eigenvalue weighted by Crippen LogP contribution is -2.42. The number of hydrogen-bond acceptors (Lipinski definition) is 4. The fourth-order valence-corrected chi connectivity index (χ4v) is 1.51. The van der Waals surface area contributed by atoms with Crippen LogP contribution in [0.25, 0.3) is 0 Å². The van der Waals surface area contributed by atoms with E-state index in [2.05, 4.69) is 48.6 Å². The topological polar surface area (TPSA) is 30.5 Å². The molecule has 0 aromatic heterocycles. The van der Waals surface area contributed by atoms with Crippen molar-refractivity contribution >= 4 is 0 Å². The van der Waals surface area contributed by atoms with Crippen molar-refractivity contribution in [3.8, 4) is 0 Å². The van der Waals surface area contributed by atoms with E-state index in [-0.39, 0.29) is 0 Å². The number of nitrogens with one attached hydrogen (secondary N) is 2. The molecule has 1 unspecified atom stereocenters. The van der Waals surface area contributed by atoms with Crippen LogP contribution < -0.4 is 10.6 Å². The van der Waals surface area contributed by atoms with Crippen molar-refractivity contribution in [3.05, 3.63) is 0 Å². The molecule has 4 heteroatoms. The average molecular weight is 216 g/mol. The fraction of sp³-hybridized carbons (Fsp3) is 1.00. The molecule has 0 aromatic carbocycles. The van der Waals surface area contributed by atoms with Crippen molar-refractivity contribution in [1.82, 2.24) is 20.4 Å². The predicted octanol–water partition coefficient (Wildman–Crippen LogP) is -0.323. The van der Waals surface area contributed by atoms with Crippen LogP contribution in [0, 0.1) is 0 Å². The number of likely N-dealkylation sites (N-methyl/N-ethyl adjacent to an activating group) is 2. The van der Waals surface area contributed by atoms with E-state index >= 15 is 0 Å².